The van der Waals surface area contributed by atoms with Gasteiger partial charge in [-0.3, -0.25) is 4.79 Å². The largest absolute Gasteiger partial charge is 0.397 e. The maximum Gasteiger partial charge on any atom is 0.253 e. The molecule has 0 spiro atoms. The van der Waals surface area contributed by atoms with Gasteiger partial charge in [0.25, 0.3) is 5.91 Å². The predicted molar refractivity (Wildman–Crippen MR) is 72.5 cm³/mol. The second-order valence-corrected chi connectivity index (χ2v) is 5.29. The number of carbonyl (C=O) groups excluding carboxylic acids is 1. The van der Waals surface area contributed by atoms with E-state index in [9.17, 15) is 4.79 Å². The van der Waals surface area contributed by atoms with Crippen LogP contribution in [0.5, 0.6) is 0 Å². The number of hydrogen-bond donors (Lipinski definition) is 2. The number of halogens is 1. The van der Waals surface area contributed by atoms with E-state index in [2.05, 4.69) is 10.3 Å². The van der Waals surface area contributed by atoms with E-state index >= 15 is 0 Å². The number of amides is 1. The molecule has 1 saturated carbocycles. The van der Waals surface area contributed by atoms with Crippen molar-refractivity contribution in [3.63, 3.8) is 0 Å². The number of pyridine rings is 1. The molecule has 5 heteroatoms. The number of nitrogens with two attached hydrogens (primary N) is 1. The third-order valence-corrected chi connectivity index (χ3v) is 3.82. The van der Waals surface area contributed by atoms with Crippen LogP contribution in [0.2, 0.25) is 5.15 Å². The molecule has 98 valence electrons. The molecule has 0 aromatic carbocycles. The molecule has 1 aromatic heterocycles. The van der Waals surface area contributed by atoms with Gasteiger partial charge in [0, 0.05) is 6.04 Å². The summed E-state index contributed by atoms with van der Waals surface area (Å²) in [7, 11) is 0. The number of nitrogen functional groups attached to an aromatic ring is 1. The number of nitrogens with one attached hydrogen (secondary N) is 1. The maximum atomic E-state index is 12.1. The summed E-state index contributed by atoms with van der Waals surface area (Å²) < 4.78 is 0. The minimum atomic E-state index is -0.170. The van der Waals surface area contributed by atoms with Crippen molar-refractivity contribution in [2.24, 2.45) is 5.92 Å². The Balaban J connectivity index is 2.04. The van der Waals surface area contributed by atoms with Gasteiger partial charge in [0.15, 0.2) is 0 Å². The molecule has 1 unspecified atom stereocenters. The van der Waals surface area contributed by atoms with Crippen LogP contribution in [0.25, 0.3) is 0 Å². The number of hydrogen-bond acceptors (Lipinski definition) is 3. The zero-order chi connectivity index (χ0) is 13.1. The zero-order valence-corrected chi connectivity index (χ0v) is 11.2. The Bertz CT molecular complexity index is 444. The highest BCUT2D eigenvalue weighted by Crippen LogP contribution is 2.27. The van der Waals surface area contributed by atoms with E-state index in [0.29, 0.717) is 17.2 Å². The highest BCUT2D eigenvalue weighted by Gasteiger charge is 2.23. The van der Waals surface area contributed by atoms with Gasteiger partial charge in [-0.1, -0.05) is 24.4 Å². The van der Waals surface area contributed by atoms with E-state index in [1.54, 1.807) is 0 Å². The summed E-state index contributed by atoms with van der Waals surface area (Å²) in [5.41, 5.74) is 6.50. The molecule has 1 amide bonds. The first-order valence-electron chi connectivity index (χ1n) is 6.30. The quantitative estimate of drug-likeness (QED) is 0.828. The van der Waals surface area contributed by atoms with Crippen LogP contribution in [0.15, 0.2) is 12.3 Å². The lowest BCUT2D eigenvalue weighted by molar-refractivity contribution is 0.0928. The molecule has 2 rings (SSSR count). The van der Waals surface area contributed by atoms with Gasteiger partial charge in [0.2, 0.25) is 0 Å². The lowest BCUT2D eigenvalue weighted by Gasteiger charge is -2.20. The number of anilines is 1. The molecule has 0 bridgehead atoms. The lowest BCUT2D eigenvalue weighted by Crippen LogP contribution is -2.37. The van der Waals surface area contributed by atoms with Crippen LogP contribution in [0, 0.1) is 5.92 Å². The minimum Gasteiger partial charge on any atom is -0.397 e. The van der Waals surface area contributed by atoms with Crippen molar-refractivity contribution in [1.82, 2.24) is 10.3 Å². The Morgan fingerprint density at radius 1 is 1.56 bits per heavy atom. The van der Waals surface area contributed by atoms with Gasteiger partial charge in [0.1, 0.15) is 5.15 Å². The molecule has 1 heterocycles. The van der Waals surface area contributed by atoms with Gasteiger partial charge < -0.3 is 11.1 Å². The predicted octanol–water partition coefficient (Wildman–Crippen LogP) is 2.63. The van der Waals surface area contributed by atoms with E-state index in [-0.39, 0.29) is 17.1 Å². The van der Waals surface area contributed by atoms with Crippen LogP contribution < -0.4 is 11.1 Å². The summed E-state index contributed by atoms with van der Waals surface area (Å²) in [6.45, 7) is 2.05. The molecule has 1 aliphatic carbocycles. The summed E-state index contributed by atoms with van der Waals surface area (Å²) in [4.78, 5) is 15.9. The standard InChI is InChI=1S/C13H18ClN3O/c1-8(9-4-2-3-5-9)17-13(18)10-6-12(14)16-7-11(10)15/h6-9H,2-5,15H2,1H3,(H,17,18). The van der Waals surface area contributed by atoms with E-state index < -0.39 is 0 Å². The molecule has 1 fully saturated rings. The van der Waals surface area contributed by atoms with Gasteiger partial charge in [-0.25, -0.2) is 4.98 Å². The molecule has 1 atom stereocenters. The molecule has 4 nitrogen and oxygen atoms in total. The topological polar surface area (TPSA) is 68.0 Å². The Hall–Kier alpha value is -1.29. The summed E-state index contributed by atoms with van der Waals surface area (Å²) in [6.07, 6.45) is 6.31. The first-order valence-corrected chi connectivity index (χ1v) is 6.67. The first-order chi connectivity index (χ1) is 8.58. The number of nitrogens with zero attached hydrogens (tertiary/aromatic N) is 1. The van der Waals surface area contributed by atoms with Crippen molar-refractivity contribution in [2.75, 3.05) is 5.73 Å². The Morgan fingerprint density at radius 3 is 2.89 bits per heavy atom. The molecule has 0 radical (unpaired) electrons. The van der Waals surface area contributed by atoms with E-state index in [0.717, 1.165) is 0 Å². The molecule has 0 aliphatic heterocycles. The second-order valence-electron chi connectivity index (χ2n) is 4.90. The number of aromatic nitrogens is 1. The van der Waals surface area contributed by atoms with Crippen molar-refractivity contribution >= 4 is 23.2 Å². The molecule has 0 saturated heterocycles. The van der Waals surface area contributed by atoms with Crippen LogP contribution in [-0.4, -0.2) is 16.9 Å². The third kappa shape index (κ3) is 2.93. The summed E-state index contributed by atoms with van der Waals surface area (Å²) in [5, 5.41) is 3.28. The fourth-order valence-electron chi connectivity index (χ4n) is 2.50. The Morgan fingerprint density at radius 2 is 2.22 bits per heavy atom. The van der Waals surface area contributed by atoms with Gasteiger partial charge in [-0.05, 0) is 31.7 Å². The van der Waals surface area contributed by atoms with Gasteiger partial charge >= 0.3 is 0 Å². The van der Waals surface area contributed by atoms with Crippen LogP contribution in [0.1, 0.15) is 43.0 Å². The van der Waals surface area contributed by atoms with E-state index in [1.165, 1.54) is 37.9 Å². The molecule has 3 N–H and O–H groups in total. The SMILES string of the molecule is CC(NC(=O)c1cc(Cl)ncc1N)C1CCCC1. The van der Waals surface area contributed by atoms with Crippen molar-refractivity contribution in [2.45, 2.75) is 38.6 Å². The van der Waals surface area contributed by atoms with Crippen LogP contribution in [0.4, 0.5) is 5.69 Å². The number of rotatable bonds is 3. The monoisotopic (exact) mass is 267 g/mol. The molecule has 18 heavy (non-hydrogen) atoms. The summed E-state index contributed by atoms with van der Waals surface area (Å²) >= 11 is 5.78. The second kappa shape index (κ2) is 5.57. The first kappa shape index (κ1) is 13.1. The van der Waals surface area contributed by atoms with Crippen LogP contribution >= 0.6 is 11.6 Å². The van der Waals surface area contributed by atoms with Crippen LogP contribution in [0.3, 0.4) is 0 Å². The summed E-state index contributed by atoms with van der Waals surface area (Å²) in [6, 6.07) is 1.68. The highest BCUT2D eigenvalue weighted by molar-refractivity contribution is 6.29. The third-order valence-electron chi connectivity index (χ3n) is 3.61. The van der Waals surface area contributed by atoms with Crippen LogP contribution in [-0.2, 0) is 0 Å². The van der Waals surface area contributed by atoms with E-state index in [1.807, 2.05) is 6.92 Å². The maximum absolute atomic E-state index is 12.1. The average Bonchev–Trinajstić information content (AvgIpc) is 2.85. The average molecular weight is 268 g/mol. The van der Waals surface area contributed by atoms with Crippen molar-refractivity contribution in [3.8, 4) is 0 Å². The van der Waals surface area contributed by atoms with Gasteiger partial charge in [-0.2, -0.15) is 0 Å². The van der Waals surface area contributed by atoms with Gasteiger partial charge in [0.05, 0.1) is 17.4 Å². The summed E-state index contributed by atoms with van der Waals surface area (Å²) in [5.74, 6) is 0.406. The molecular weight excluding hydrogens is 250 g/mol. The molecule has 1 aliphatic rings. The van der Waals surface area contributed by atoms with Crippen molar-refractivity contribution in [1.29, 1.82) is 0 Å². The molecular formula is C13H18ClN3O. The van der Waals surface area contributed by atoms with Gasteiger partial charge in [-0.15, -0.1) is 0 Å². The smallest absolute Gasteiger partial charge is 0.253 e. The van der Waals surface area contributed by atoms with E-state index in [4.69, 9.17) is 17.3 Å². The normalized spacial score (nSPS) is 17.7. The highest BCUT2D eigenvalue weighted by atomic mass is 35.5. The fourth-order valence-corrected chi connectivity index (χ4v) is 2.65. The minimum absolute atomic E-state index is 0.170. The van der Waals surface area contributed by atoms with Crippen molar-refractivity contribution in [3.05, 3.63) is 23.0 Å². The zero-order valence-electron chi connectivity index (χ0n) is 10.4. The Kier molecular flexibility index (Phi) is 4.07. The Labute approximate surface area is 112 Å². The fraction of sp³-hybridized carbons (Fsp3) is 0.538. The van der Waals surface area contributed by atoms with Crippen molar-refractivity contribution < 1.29 is 4.79 Å². The lowest BCUT2D eigenvalue weighted by atomic mass is 9.99. The molecule has 1 aromatic rings. The number of carbonyl (C=O) groups is 1.